The molecule has 2 nitrogen and oxygen atoms in total. The lowest BCUT2D eigenvalue weighted by atomic mass is 10.1. The summed E-state index contributed by atoms with van der Waals surface area (Å²) in [4.78, 5) is 4.24. The Kier molecular flexibility index (Phi) is 5.67. The predicted octanol–water partition coefficient (Wildman–Crippen LogP) is 3.66. The van der Waals surface area contributed by atoms with Gasteiger partial charge in [0.2, 0.25) is 0 Å². The maximum atomic E-state index is 3.70. The van der Waals surface area contributed by atoms with Crippen LogP contribution in [0.15, 0.2) is 17.5 Å². The molecule has 1 fully saturated rings. The quantitative estimate of drug-likeness (QED) is 0.875. The van der Waals surface area contributed by atoms with Gasteiger partial charge in [0.25, 0.3) is 0 Å². The predicted molar refractivity (Wildman–Crippen MR) is 80.2 cm³/mol. The van der Waals surface area contributed by atoms with Gasteiger partial charge in [0, 0.05) is 30.1 Å². The first-order valence-electron chi connectivity index (χ1n) is 7.36. The van der Waals surface area contributed by atoms with Crippen LogP contribution in [0, 0.1) is 0 Å². The van der Waals surface area contributed by atoms with Crippen molar-refractivity contribution in [2.24, 2.45) is 0 Å². The lowest BCUT2D eigenvalue weighted by molar-refractivity contribution is 0.188. The molecule has 1 aromatic heterocycles. The second kappa shape index (κ2) is 7.27. The molecular formula is C15H26N2S. The molecule has 102 valence electrons. The van der Waals surface area contributed by atoms with Crippen molar-refractivity contribution in [3.8, 4) is 0 Å². The smallest absolute Gasteiger partial charge is 0.0439 e. The molecule has 1 aliphatic heterocycles. The van der Waals surface area contributed by atoms with Gasteiger partial charge in [-0.2, -0.15) is 0 Å². The van der Waals surface area contributed by atoms with Crippen molar-refractivity contribution in [3.05, 3.63) is 22.4 Å². The summed E-state index contributed by atoms with van der Waals surface area (Å²) in [6, 6.07) is 5.80. The normalized spacial score (nSPS) is 23.8. The minimum Gasteiger partial charge on any atom is -0.313 e. The van der Waals surface area contributed by atoms with Crippen LogP contribution in [0.4, 0.5) is 0 Å². The zero-order valence-corrected chi connectivity index (χ0v) is 12.5. The van der Waals surface area contributed by atoms with Crippen LogP contribution in [0.1, 0.15) is 50.4 Å². The molecule has 1 saturated heterocycles. The Balaban J connectivity index is 2.04. The lowest BCUT2D eigenvalue weighted by Crippen LogP contribution is -2.39. The molecule has 1 aromatic rings. The van der Waals surface area contributed by atoms with Gasteiger partial charge in [-0.15, -0.1) is 11.3 Å². The number of nitrogens with zero attached hydrogens (tertiary/aromatic N) is 1. The summed E-state index contributed by atoms with van der Waals surface area (Å²) < 4.78 is 0. The van der Waals surface area contributed by atoms with E-state index in [1.54, 1.807) is 0 Å². The average molecular weight is 266 g/mol. The molecule has 0 aromatic carbocycles. The van der Waals surface area contributed by atoms with Crippen LogP contribution in [0.2, 0.25) is 0 Å². The Labute approximate surface area is 115 Å². The SMILES string of the molecule is CCCC1CN(C(CC)c2cccs2)CCCN1. The first-order chi connectivity index (χ1) is 8.85. The van der Waals surface area contributed by atoms with Gasteiger partial charge in [0.05, 0.1) is 0 Å². The van der Waals surface area contributed by atoms with Crippen molar-refractivity contribution < 1.29 is 0 Å². The Hall–Kier alpha value is -0.380. The highest BCUT2D eigenvalue weighted by atomic mass is 32.1. The van der Waals surface area contributed by atoms with Gasteiger partial charge in [-0.25, -0.2) is 0 Å². The van der Waals surface area contributed by atoms with Crippen molar-refractivity contribution in [3.63, 3.8) is 0 Å². The van der Waals surface area contributed by atoms with Gasteiger partial charge >= 0.3 is 0 Å². The fraction of sp³-hybridized carbons (Fsp3) is 0.733. The fourth-order valence-electron chi connectivity index (χ4n) is 2.97. The third-order valence-corrected chi connectivity index (χ3v) is 4.82. The second-order valence-corrected chi connectivity index (χ2v) is 6.21. The summed E-state index contributed by atoms with van der Waals surface area (Å²) in [7, 11) is 0. The number of hydrogen-bond acceptors (Lipinski definition) is 3. The van der Waals surface area contributed by atoms with Crippen LogP contribution >= 0.6 is 11.3 Å². The van der Waals surface area contributed by atoms with E-state index in [-0.39, 0.29) is 0 Å². The number of thiophene rings is 1. The third-order valence-electron chi connectivity index (χ3n) is 3.85. The minimum atomic E-state index is 0.629. The highest BCUT2D eigenvalue weighted by Crippen LogP contribution is 2.29. The lowest BCUT2D eigenvalue weighted by Gasteiger charge is -2.31. The zero-order valence-electron chi connectivity index (χ0n) is 11.7. The van der Waals surface area contributed by atoms with Crippen molar-refractivity contribution >= 4 is 11.3 Å². The van der Waals surface area contributed by atoms with Crippen LogP contribution < -0.4 is 5.32 Å². The van der Waals surface area contributed by atoms with E-state index >= 15 is 0 Å². The standard InChI is InChI=1S/C15H26N2S/c1-3-7-13-12-17(10-6-9-16-13)14(4-2)15-8-5-11-18-15/h5,8,11,13-14,16H,3-4,6-7,9-10,12H2,1-2H3. The first kappa shape index (κ1) is 14.0. The van der Waals surface area contributed by atoms with Gasteiger partial charge in [0.1, 0.15) is 0 Å². The topological polar surface area (TPSA) is 15.3 Å². The first-order valence-corrected chi connectivity index (χ1v) is 8.24. The van der Waals surface area contributed by atoms with Crippen molar-refractivity contribution in [1.29, 1.82) is 0 Å². The molecule has 18 heavy (non-hydrogen) atoms. The monoisotopic (exact) mass is 266 g/mol. The summed E-state index contributed by atoms with van der Waals surface area (Å²) >= 11 is 1.91. The molecule has 0 aliphatic carbocycles. The summed E-state index contributed by atoms with van der Waals surface area (Å²) in [6.07, 6.45) is 5.08. The molecule has 2 heterocycles. The maximum Gasteiger partial charge on any atom is 0.0439 e. The van der Waals surface area contributed by atoms with E-state index in [2.05, 4.69) is 41.6 Å². The molecule has 3 heteroatoms. The molecule has 0 saturated carbocycles. The van der Waals surface area contributed by atoms with Crippen LogP contribution in [0.3, 0.4) is 0 Å². The summed E-state index contributed by atoms with van der Waals surface area (Å²) in [5.74, 6) is 0. The Morgan fingerprint density at radius 1 is 1.50 bits per heavy atom. The molecule has 0 bridgehead atoms. The largest absolute Gasteiger partial charge is 0.313 e. The van der Waals surface area contributed by atoms with Crippen LogP contribution in [0.5, 0.6) is 0 Å². The van der Waals surface area contributed by atoms with Crippen molar-refractivity contribution in [1.82, 2.24) is 10.2 Å². The van der Waals surface area contributed by atoms with E-state index in [1.165, 1.54) is 50.2 Å². The summed E-state index contributed by atoms with van der Waals surface area (Å²) in [5.41, 5.74) is 0. The minimum absolute atomic E-state index is 0.629. The molecular weight excluding hydrogens is 240 g/mol. The summed E-state index contributed by atoms with van der Waals surface area (Å²) in [5, 5.41) is 5.90. The number of hydrogen-bond donors (Lipinski definition) is 1. The molecule has 1 aliphatic rings. The van der Waals surface area contributed by atoms with E-state index in [9.17, 15) is 0 Å². The van der Waals surface area contributed by atoms with Crippen molar-refractivity contribution in [2.45, 2.75) is 51.6 Å². The zero-order chi connectivity index (χ0) is 12.8. The van der Waals surface area contributed by atoms with E-state index < -0.39 is 0 Å². The van der Waals surface area contributed by atoms with E-state index in [0.29, 0.717) is 12.1 Å². The maximum absolute atomic E-state index is 3.70. The van der Waals surface area contributed by atoms with E-state index in [0.717, 1.165) is 0 Å². The van der Waals surface area contributed by atoms with Crippen LogP contribution in [-0.2, 0) is 0 Å². The number of rotatable bonds is 5. The molecule has 2 atom stereocenters. The Morgan fingerprint density at radius 2 is 2.39 bits per heavy atom. The molecule has 0 radical (unpaired) electrons. The molecule has 1 N–H and O–H groups in total. The second-order valence-electron chi connectivity index (χ2n) is 5.23. The Bertz CT molecular complexity index is 323. The van der Waals surface area contributed by atoms with E-state index in [1.807, 2.05) is 11.3 Å². The van der Waals surface area contributed by atoms with Gasteiger partial charge in [-0.1, -0.05) is 26.3 Å². The highest BCUT2D eigenvalue weighted by Gasteiger charge is 2.24. The van der Waals surface area contributed by atoms with Crippen LogP contribution in [-0.4, -0.2) is 30.6 Å². The summed E-state index contributed by atoms with van der Waals surface area (Å²) in [6.45, 7) is 8.24. The molecule has 2 unspecified atom stereocenters. The van der Waals surface area contributed by atoms with Gasteiger partial charge < -0.3 is 5.32 Å². The molecule has 2 rings (SSSR count). The van der Waals surface area contributed by atoms with Crippen LogP contribution in [0.25, 0.3) is 0 Å². The number of nitrogens with one attached hydrogen (secondary N) is 1. The fourth-order valence-corrected chi connectivity index (χ4v) is 3.92. The third kappa shape index (κ3) is 3.56. The Morgan fingerprint density at radius 3 is 3.06 bits per heavy atom. The van der Waals surface area contributed by atoms with Crippen molar-refractivity contribution in [2.75, 3.05) is 19.6 Å². The van der Waals surface area contributed by atoms with Gasteiger partial charge in [0.15, 0.2) is 0 Å². The average Bonchev–Trinajstić information content (AvgIpc) is 2.79. The van der Waals surface area contributed by atoms with Gasteiger partial charge in [-0.05, 0) is 37.3 Å². The highest BCUT2D eigenvalue weighted by molar-refractivity contribution is 7.10. The van der Waals surface area contributed by atoms with Gasteiger partial charge in [-0.3, -0.25) is 4.90 Å². The van der Waals surface area contributed by atoms with E-state index in [4.69, 9.17) is 0 Å². The molecule has 0 amide bonds. The molecule has 0 spiro atoms.